The second-order valence-corrected chi connectivity index (χ2v) is 4.23. The second-order valence-electron chi connectivity index (χ2n) is 4.23. The van der Waals surface area contributed by atoms with Crippen LogP contribution in [0.1, 0.15) is 39.0 Å². The Morgan fingerprint density at radius 2 is 2.08 bits per heavy atom. The molecule has 2 aliphatic rings. The molecule has 1 saturated heterocycles. The largest absolute Gasteiger partial charge is 0.362 e. The lowest BCUT2D eigenvalue weighted by molar-refractivity contribution is 0.235. The van der Waals surface area contributed by atoms with Gasteiger partial charge in [-0.15, -0.1) is 0 Å². The van der Waals surface area contributed by atoms with Crippen LogP contribution >= 0.6 is 0 Å². The standard InChI is InChI=1S/C11H17FO/c1-9(12)5-6-10-11(13-10)7-3-2-4-8-11/h5-6,9-10H,2-4,7-8H2,1H3/b6-5+. The van der Waals surface area contributed by atoms with E-state index in [0.717, 1.165) is 0 Å². The fourth-order valence-corrected chi connectivity index (χ4v) is 2.24. The van der Waals surface area contributed by atoms with Gasteiger partial charge in [-0.3, -0.25) is 0 Å². The minimum absolute atomic E-state index is 0.129. The molecule has 0 amide bonds. The lowest BCUT2D eigenvalue weighted by Crippen LogP contribution is -2.18. The Kier molecular flexibility index (Phi) is 2.41. The molecule has 0 radical (unpaired) electrons. The van der Waals surface area contributed by atoms with Crippen molar-refractivity contribution in [3.8, 4) is 0 Å². The quantitative estimate of drug-likeness (QED) is 0.474. The highest BCUT2D eigenvalue weighted by Crippen LogP contribution is 2.48. The summed E-state index contributed by atoms with van der Waals surface area (Å²) in [7, 11) is 0. The predicted molar refractivity (Wildman–Crippen MR) is 50.4 cm³/mol. The van der Waals surface area contributed by atoms with Crippen LogP contribution in [0.5, 0.6) is 0 Å². The Labute approximate surface area is 79.0 Å². The zero-order chi connectivity index (χ0) is 9.31. The van der Waals surface area contributed by atoms with E-state index in [4.69, 9.17) is 4.74 Å². The molecule has 2 atom stereocenters. The lowest BCUT2D eigenvalue weighted by Gasteiger charge is -2.17. The van der Waals surface area contributed by atoms with Crippen LogP contribution in [-0.2, 0) is 4.74 Å². The molecule has 1 saturated carbocycles. The number of rotatable bonds is 2. The van der Waals surface area contributed by atoms with Gasteiger partial charge in [-0.05, 0) is 19.8 Å². The third kappa shape index (κ3) is 1.93. The fourth-order valence-electron chi connectivity index (χ4n) is 2.24. The summed E-state index contributed by atoms with van der Waals surface area (Å²) in [6.45, 7) is 1.55. The first-order valence-electron chi connectivity index (χ1n) is 5.23. The number of epoxide rings is 1. The Morgan fingerprint density at radius 1 is 1.38 bits per heavy atom. The average Bonchev–Trinajstić information content (AvgIpc) is 2.77. The molecule has 1 aliphatic carbocycles. The van der Waals surface area contributed by atoms with Gasteiger partial charge in [0, 0.05) is 0 Å². The van der Waals surface area contributed by atoms with Gasteiger partial charge < -0.3 is 4.74 Å². The molecule has 2 fully saturated rings. The molecule has 1 heterocycles. The van der Waals surface area contributed by atoms with E-state index in [9.17, 15) is 4.39 Å². The molecule has 0 aromatic rings. The number of allylic oxidation sites excluding steroid dienone is 1. The third-order valence-electron chi connectivity index (χ3n) is 3.07. The van der Waals surface area contributed by atoms with Crippen molar-refractivity contribution in [3.05, 3.63) is 12.2 Å². The van der Waals surface area contributed by atoms with Crippen molar-refractivity contribution in [1.29, 1.82) is 0 Å². The van der Waals surface area contributed by atoms with Crippen molar-refractivity contribution in [2.24, 2.45) is 0 Å². The molecule has 1 spiro atoms. The lowest BCUT2D eigenvalue weighted by atomic mass is 9.86. The van der Waals surface area contributed by atoms with Crippen molar-refractivity contribution >= 4 is 0 Å². The Morgan fingerprint density at radius 3 is 2.69 bits per heavy atom. The van der Waals surface area contributed by atoms with Crippen LogP contribution in [0.4, 0.5) is 4.39 Å². The number of hydrogen-bond acceptors (Lipinski definition) is 1. The summed E-state index contributed by atoms with van der Waals surface area (Å²) in [6.07, 6.45) is 9.09. The molecule has 2 unspecified atom stereocenters. The van der Waals surface area contributed by atoms with Crippen molar-refractivity contribution in [1.82, 2.24) is 0 Å². The topological polar surface area (TPSA) is 12.5 Å². The molecule has 1 aliphatic heterocycles. The van der Waals surface area contributed by atoms with Crippen LogP contribution in [0.15, 0.2) is 12.2 Å². The van der Waals surface area contributed by atoms with Crippen molar-refractivity contribution in [2.75, 3.05) is 0 Å². The average molecular weight is 184 g/mol. The van der Waals surface area contributed by atoms with Crippen LogP contribution in [0.2, 0.25) is 0 Å². The maximum Gasteiger partial charge on any atom is 0.116 e. The Balaban J connectivity index is 1.86. The van der Waals surface area contributed by atoms with Gasteiger partial charge in [0.05, 0.1) is 5.60 Å². The Bertz CT molecular complexity index is 204. The first kappa shape index (κ1) is 9.20. The molecule has 2 heteroatoms. The molecule has 1 nitrogen and oxygen atoms in total. The van der Waals surface area contributed by atoms with E-state index < -0.39 is 6.17 Å². The summed E-state index contributed by atoms with van der Waals surface area (Å²) >= 11 is 0. The van der Waals surface area contributed by atoms with Crippen molar-refractivity contribution in [3.63, 3.8) is 0 Å². The summed E-state index contributed by atoms with van der Waals surface area (Å²) in [4.78, 5) is 0. The Hall–Kier alpha value is -0.370. The monoisotopic (exact) mass is 184 g/mol. The smallest absolute Gasteiger partial charge is 0.116 e. The number of alkyl halides is 1. The number of hydrogen-bond donors (Lipinski definition) is 0. The van der Waals surface area contributed by atoms with E-state index in [0.29, 0.717) is 0 Å². The maximum atomic E-state index is 12.5. The molecule has 0 bridgehead atoms. The van der Waals surface area contributed by atoms with Crippen LogP contribution < -0.4 is 0 Å². The van der Waals surface area contributed by atoms with Gasteiger partial charge in [0.25, 0.3) is 0 Å². The van der Waals surface area contributed by atoms with E-state index in [2.05, 4.69) is 0 Å². The molecule has 13 heavy (non-hydrogen) atoms. The predicted octanol–water partition coefficient (Wildman–Crippen LogP) is 3.00. The molecule has 0 aromatic carbocycles. The second kappa shape index (κ2) is 3.41. The van der Waals surface area contributed by atoms with Crippen molar-refractivity contribution < 1.29 is 9.13 Å². The summed E-state index contributed by atoms with van der Waals surface area (Å²) < 4.78 is 18.1. The van der Waals surface area contributed by atoms with E-state index >= 15 is 0 Å². The van der Waals surface area contributed by atoms with Gasteiger partial charge >= 0.3 is 0 Å². The van der Waals surface area contributed by atoms with Gasteiger partial charge in [-0.1, -0.05) is 31.4 Å². The summed E-state index contributed by atoms with van der Waals surface area (Å²) in [5.74, 6) is 0. The summed E-state index contributed by atoms with van der Waals surface area (Å²) in [5.41, 5.74) is 0.129. The molecule has 0 N–H and O–H groups in total. The highest BCUT2D eigenvalue weighted by atomic mass is 19.1. The molecular formula is C11H17FO. The van der Waals surface area contributed by atoms with Crippen LogP contribution in [0.25, 0.3) is 0 Å². The molecular weight excluding hydrogens is 167 g/mol. The minimum Gasteiger partial charge on any atom is -0.362 e. The maximum absolute atomic E-state index is 12.5. The molecule has 74 valence electrons. The van der Waals surface area contributed by atoms with Crippen LogP contribution in [0, 0.1) is 0 Å². The first-order chi connectivity index (χ1) is 6.23. The fraction of sp³-hybridized carbons (Fsp3) is 0.818. The third-order valence-corrected chi connectivity index (χ3v) is 3.07. The molecule has 2 rings (SSSR count). The normalized spacial score (nSPS) is 33.8. The zero-order valence-electron chi connectivity index (χ0n) is 8.13. The summed E-state index contributed by atoms with van der Waals surface area (Å²) in [6, 6.07) is 0. The van der Waals surface area contributed by atoms with Gasteiger partial charge in [0.2, 0.25) is 0 Å². The van der Waals surface area contributed by atoms with E-state index in [1.165, 1.54) is 32.1 Å². The van der Waals surface area contributed by atoms with E-state index in [1.807, 2.05) is 6.08 Å². The van der Waals surface area contributed by atoms with Crippen LogP contribution in [-0.4, -0.2) is 17.9 Å². The SMILES string of the molecule is CC(F)/C=C/C1OC12CCCCC2. The highest BCUT2D eigenvalue weighted by molar-refractivity contribution is 5.14. The number of halogens is 1. The van der Waals surface area contributed by atoms with E-state index in [-0.39, 0.29) is 11.7 Å². The van der Waals surface area contributed by atoms with E-state index in [1.54, 1.807) is 13.0 Å². The highest BCUT2D eigenvalue weighted by Gasteiger charge is 2.54. The first-order valence-corrected chi connectivity index (χ1v) is 5.23. The van der Waals surface area contributed by atoms with Gasteiger partial charge in [0.1, 0.15) is 12.3 Å². The number of ether oxygens (including phenoxy) is 1. The molecule has 0 aromatic heterocycles. The summed E-state index contributed by atoms with van der Waals surface area (Å²) in [5, 5.41) is 0. The van der Waals surface area contributed by atoms with Crippen LogP contribution in [0.3, 0.4) is 0 Å². The van der Waals surface area contributed by atoms with Gasteiger partial charge in [-0.2, -0.15) is 0 Å². The minimum atomic E-state index is -0.843. The van der Waals surface area contributed by atoms with Crippen molar-refractivity contribution in [2.45, 2.75) is 56.9 Å². The van der Waals surface area contributed by atoms with Gasteiger partial charge in [0.15, 0.2) is 0 Å². The zero-order valence-corrected chi connectivity index (χ0v) is 8.13. The van der Waals surface area contributed by atoms with Gasteiger partial charge in [-0.25, -0.2) is 4.39 Å².